The van der Waals surface area contributed by atoms with Crippen molar-refractivity contribution in [1.29, 1.82) is 5.26 Å². The van der Waals surface area contributed by atoms with Crippen molar-refractivity contribution < 1.29 is 4.79 Å². The summed E-state index contributed by atoms with van der Waals surface area (Å²) < 4.78 is 1.22. The van der Waals surface area contributed by atoms with Crippen LogP contribution in [-0.2, 0) is 6.54 Å². The van der Waals surface area contributed by atoms with Gasteiger partial charge in [0.15, 0.2) is 0 Å². The number of carbonyl (C=O) groups is 1. The third-order valence-corrected chi connectivity index (χ3v) is 6.81. The summed E-state index contributed by atoms with van der Waals surface area (Å²) in [6, 6.07) is 15.8. The maximum Gasteiger partial charge on any atom is 0.322 e. The Hall–Kier alpha value is -2.95. The normalized spacial score (nSPS) is 18.9. The molecule has 6 nitrogen and oxygen atoms in total. The molecule has 0 bridgehead atoms. The number of likely N-dealkylation sites (tertiary alicyclic amines) is 1. The second-order valence-electron chi connectivity index (χ2n) is 7.89. The minimum atomic E-state index is -0.166. The van der Waals surface area contributed by atoms with Crippen molar-refractivity contribution in [3.05, 3.63) is 59.1 Å². The first-order valence-electron chi connectivity index (χ1n) is 9.79. The van der Waals surface area contributed by atoms with E-state index in [2.05, 4.69) is 39.5 Å². The summed E-state index contributed by atoms with van der Waals surface area (Å²) in [6.45, 7) is 3.50. The Balaban J connectivity index is 1.23. The maximum atomic E-state index is 12.6. The molecule has 1 spiro atoms. The second kappa shape index (κ2) is 7.14. The van der Waals surface area contributed by atoms with Gasteiger partial charge in [-0.1, -0.05) is 6.07 Å². The third kappa shape index (κ3) is 3.46. The van der Waals surface area contributed by atoms with Crippen molar-refractivity contribution in [3.8, 4) is 6.07 Å². The fourth-order valence-electron chi connectivity index (χ4n) is 4.32. The molecule has 29 heavy (non-hydrogen) atoms. The number of nitrogens with one attached hydrogen (secondary N) is 1. The van der Waals surface area contributed by atoms with E-state index in [0.717, 1.165) is 43.7 Å². The number of fused-ring (bicyclic) bond motifs is 1. The number of hydrogen-bond donors (Lipinski definition) is 1. The minimum Gasteiger partial charge on any atom is -0.330 e. The monoisotopic (exact) mass is 403 g/mol. The molecule has 1 N–H and O–H groups in total. The lowest BCUT2D eigenvalue weighted by atomic mass is 9.88. The third-order valence-electron chi connectivity index (χ3n) is 6.00. The largest absolute Gasteiger partial charge is 0.330 e. The van der Waals surface area contributed by atoms with Gasteiger partial charge in [0.05, 0.1) is 39.4 Å². The van der Waals surface area contributed by atoms with Crippen LogP contribution in [0.2, 0.25) is 0 Å². The van der Waals surface area contributed by atoms with Gasteiger partial charge in [-0.3, -0.25) is 9.80 Å². The number of carbonyl (C=O) groups excluding carboxylic acids is 1. The summed E-state index contributed by atoms with van der Waals surface area (Å²) in [4.78, 5) is 21.3. The highest BCUT2D eigenvalue weighted by Crippen LogP contribution is 2.32. The molecule has 2 fully saturated rings. The Bertz CT molecular complexity index is 1090. The molecule has 2 aliphatic rings. The van der Waals surface area contributed by atoms with Gasteiger partial charge in [-0.15, -0.1) is 11.3 Å². The van der Waals surface area contributed by atoms with Crippen molar-refractivity contribution >= 4 is 33.3 Å². The van der Waals surface area contributed by atoms with Crippen LogP contribution >= 0.6 is 11.3 Å². The molecule has 5 rings (SSSR count). The van der Waals surface area contributed by atoms with Crippen LogP contribution in [0.3, 0.4) is 0 Å². The zero-order valence-electron chi connectivity index (χ0n) is 16.0. The highest BCUT2D eigenvalue weighted by molar-refractivity contribution is 7.16. The Morgan fingerprint density at radius 3 is 2.72 bits per heavy atom. The molecule has 0 saturated carbocycles. The smallest absolute Gasteiger partial charge is 0.322 e. The number of amides is 2. The van der Waals surface area contributed by atoms with Crippen LogP contribution in [0.5, 0.6) is 0 Å². The number of benzene rings is 2. The predicted molar refractivity (Wildman–Crippen MR) is 114 cm³/mol. The van der Waals surface area contributed by atoms with Gasteiger partial charge in [0, 0.05) is 25.3 Å². The quantitative estimate of drug-likeness (QED) is 0.723. The molecule has 146 valence electrons. The van der Waals surface area contributed by atoms with Gasteiger partial charge in [0.25, 0.3) is 0 Å². The molecule has 3 aromatic rings. The van der Waals surface area contributed by atoms with Crippen LogP contribution in [0.1, 0.15) is 24.0 Å². The van der Waals surface area contributed by atoms with Crippen molar-refractivity contribution in [2.45, 2.75) is 24.9 Å². The molecule has 0 unspecified atom stereocenters. The van der Waals surface area contributed by atoms with E-state index in [1.807, 2.05) is 17.6 Å². The van der Waals surface area contributed by atoms with E-state index >= 15 is 0 Å². The Kier molecular flexibility index (Phi) is 4.46. The van der Waals surface area contributed by atoms with Crippen molar-refractivity contribution in [1.82, 2.24) is 15.2 Å². The first-order chi connectivity index (χ1) is 14.1. The minimum absolute atomic E-state index is 0.0443. The molecule has 2 aliphatic heterocycles. The first-order valence-corrected chi connectivity index (χ1v) is 10.7. The van der Waals surface area contributed by atoms with Gasteiger partial charge >= 0.3 is 6.03 Å². The van der Waals surface area contributed by atoms with Crippen LogP contribution < -0.4 is 10.2 Å². The molecule has 3 heterocycles. The zero-order valence-corrected chi connectivity index (χ0v) is 16.8. The highest BCUT2D eigenvalue weighted by Gasteiger charge is 2.44. The lowest BCUT2D eigenvalue weighted by molar-refractivity contribution is 0.151. The molecular weight excluding hydrogens is 382 g/mol. The summed E-state index contributed by atoms with van der Waals surface area (Å²) >= 11 is 1.67. The number of nitrogens with zero attached hydrogens (tertiary/aromatic N) is 4. The summed E-state index contributed by atoms with van der Waals surface area (Å²) in [7, 11) is 0. The van der Waals surface area contributed by atoms with Crippen LogP contribution in [0.15, 0.2) is 48.0 Å². The Labute approximate surface area is 173 Å². The number of anilines is 1. The van der Waals surface area contributed by atoms with Crippen molar-refractivity contribution in [2.75, 3.05) is 24.5 Å². The van der Waals surface area contributed by atoms with E-state index in [0.29, 0.717) is 12.1 Å². The fourth-order valence-corrected chi connectivity index (χ4v) is 4.97. The predicted octanol–water partition coefficient (Wildman–Crippen LogP) is 3.73. The van der Waals surface area contributed by atoms with E-state index in [-0.39, 0.29) is 11.6 Å². The highest BCUT2D eigenvalue weighted by atomic mass is 32.1. The molecule has 2 saturated heterocycles. The van der Waals surface area contributed by atoms with Gasteiger partial charge < -0.3 is 5.32 Å². The Morgan fingerprint density at radius 2 is 1.97 bits per heavy atom. The molecule has 1 aromatic heterocycles. The zero-order chi connectivity index (χ0) is 19.8. The maximum absolute atomic E-state index is 12.6. The lowest BCUT2D eigenvalue weighted by Gasteiger charge is -2.38. The average molecular weight is 404 g/mol. The van der Waals surface area contributed by atoms with Gasteiger partial charge in [-0.25, -0.2) is 9.78 Å². The van der Waals surface area contributed by atoms with Crippen LogP contribution in [0.25, 0.3) is 10.2 Å². The van der Waals surface area contributed by atoms with E-state index in [4.69, 9.17) is 5.26 Å². The second-order valence-corrected chi connectivity index (χ2v) is 8.77. The van der Waals surface area contributed by atoms with Gasteiger partial charge in [0.1, 0.15) is 0 Å². The van der Waals surface area contributed by atoms with E-state index < -0.39 is 0 Å². The topological polar surface area (TPSA) is 72.3 Å². The molecular formula is C22H21N5OS. The number of nitriles is 1. The molecule has 0 atom stereocenters. The van der Waals surface area contributed by atoms with E-state index in [1.165, 1.54) is 10.3 Å². The standard InChI is InChI=1S/C22H21N5OS/c23-12-16-1-4-18(5-2-16)27-14-22(25-21(27)28)7-9-26(10-8-22)13-17-3-6-20-19(11-17)24-15-29-20/h1-6,11,15H,7-10,13-14H2,(H,25,28). The number of thiazole rings is 1. The van der Waals surface area contributed by atoms with Crippen LogP contribution in [-0.4, -0.2) is 41.1 Å². The number of rotatable bonds is 3. The van der Waals surface area contributed by atoms with Gasteiger partial charge in [0.2, 0.25) is 0 Å². The molecule has 7 heteroatoms. The summed E-state index contributed by atoms with van der Waals surface area (Å²) in [6.07, 6.45) is 1.87. The van der Waals surface area contributed by atoms with Crippen LogP contribution in [0.4, 0.5) is 10.5 Å². The average Bonchev–Trinajstić information content (AvgIpc) is 3.34. The number of hydrogen-bond acceptors (Lipinski definition) is 5. The first kappa shape index (κ1) is 18.1. The Morgan fingerprint density at radius 1 is 1.17 bits per heavy atom. The SMILES string of the molecule is N#Cc1ccc(N2CC3(CCN(Cc4ccc5scnc5c4)CC3)NC2=O)cc1. The number of piperidine rings is 1. The van der Waals surface area contributed by atoms with E-state index in [9.17, 15) is 4.79 Å². The van der Waals surface area contributed by atoms with Gasteiger partial charge in [-0.2, -0.15) is 5.26 Å². The van der Waals surface area contributed by atoms with Crippen LogP contribution in [0, 0.1) is 11.3 Å². The van der Waals surface area contributed by atoms with Gasteiger partial charge in [-0.05, 0) is 54.8 Å². The lowest BCUT2D eigenvalue weighted by Crippen LogP contribution is -2.52. The van der Waals surface area contributed by atoms with Crippen molar-refractivity contribution in [2.24, 2.45) is 0 Å². The summed E-state index contributed by atoms with van der Waals surface area (Å²) in [5.74, 6) is 0. The number of aromatic nitrogens is 1. The molecule has 0 aliphatic carbocycles. The molecule has 2 amide bonds. The summed E-state index contributed by atoms with van der Waals surface area (Å²) in [5.41, 5.74) is 5.53. The fraction of sp³-hybridized carbons (Fsp3) is 0.318. The van der Waals surface area contributed by atoms with Crippen molar-refractivity contribution in [3.63, 3.8) is 0 Å². The van der Waals surface area contributed by atoms with E-state index in [1.54, 1.807) is 28.4 Å². The molecule has 2 aromatic carbocycles. The number of urea groups is 1. The molecule has 0 radical (unpaired) electrons. The summed E-state index contributed by atoms with van der Waals surface area (Å²) in [5, 5.41) is 12.2.